The van der Waals surface area contributed by atoms with Gasteiger partial charge in [0.25, 0.3) is 0 Å². The second-order valence-corrected chi connectivity index (χ2v) is 8.58. The maximum atomic E-state index is 12.7. The number of unbranched alkanes of at least 4 members (excludes halogenated alkanes) is 1. The topological polar surface area (TPSA) is 63.7 Å². The van der Waals surface area contributed by atoms with E-state index in [0.29, 0.717) is 25.8 Å². The van der Waals surface area contributed by atoms with Crippen LogP contribution in [0.5, 0.6) is 5.75 Å². The van der Waals surface area contributed by atoms with Crippen LogP contribution in [0.4, 0.5) is 0 Å². The van der Waals surface area contributed by atoms with Gasteiger partial charge in [0.15, 0.2) is 9.84 Å². The Morgan fingerprint density at radius 3 is 2.79 bits per heavy atom. The second-order valence-electron chi connectivity index (χ2n) is 6.35. The molecule has 6 heteroatoms. The number of benzene rings is 1. The molecule has 1 unspecified atom stereocenters. The molecule has 0 N–H and O–H groups in total. The molecule has 1 aromatic carbocycles. The fraction of sp³-hybridized carbons (Fsp3) is 0.611. The fourth-order valence-electron chi connectivity index (χ4n) is 3.08. The van der Waals surface area contributed by atoms with Crippen LogP contribution in [-0.2, 0) is 21.1 Å². The van der Waals surface area contributed by atoms with Gasteiger partial charge in [-0.2, -0.15) is 0 Å². The number of amides is 1. The normalized spacial score (nSPS) is 19.2. The molecule has 1 aliphatic rings. The van der Waals surface area contributed by atoms with Crippen LogP contribution in [0, 0.1) is 0 Å². The third-order valence-corrected chi connectivity index (χ3v) is 6.23. The van der Waals surface area contributed by atoms with E-state index >= 15 is 0 Å². The van der Waals surface area contributed by atoms with E-state index in [1.807, 2.05) is 24.3 Å². The number of hydrogen-bond acceptors (Lipinski definition) is 4. The van der Waals surface area contributed by atoms with Crippen LogP contribution in [0.3, 0.4) is 0 Å². The summed E-state index contributed by atoms with van der Waals surface area (Å²) < 4.78 is 28.7. The summed E-state index contributed by atoms with van der Waals surface area (Å²) in [4.78, 5) is 14.5. The van der Waals surface area contributed by atoms with Gasteiger partial charge in [0, 0.05) is 19.0 Å². The van der Waals surface area contributed by atoms with E-state index in [4.69, 9.17) is 4.74 Å². The summed E-state index contributed by atoms with van der Waals surface area (Å²) in [7, 11) is -1.36. The number of sulfone groups is 1. The third kappa shape index (κ3) is 5.23. The minimum Gasteiger partial charge on any atom is -0.497 e. The Labute approximate surface area is 144 Å². The lowest BCUT2D eigenvalue weighted by molar-refractivity contribution is -0.133. The number of ether oxygens (including phenoxy) is 1. The van der Waals surface area contributed by atoms with Gasteiger partial charge < -0.3 is 9.64 Å². The summed E-state index contributed by atoms with van der Waals surface area (Å²) in [5, 5.41) is 0. The number of methoxy groups -OCH3 is 1. The molecular weight excluding hydrogens is 326 g/mol. The van der Waals surface area contributed by atoms with Crippen molar-refractivity contribution in [2.45, 2.75) is 45.1 Å². The van der Waals surface area contributed by atoms with Crippen molar-refractivity contribution in [1.29, 1.82) is 0 Å². The molecule has 134 valence electrons. The van der Waals surface area contributed by atoms with Crippen molar-refractivity contribution in [3.8, 4) is 5.75 Å². The van der Waals surface area contributed by atoms with E-state index < -0.39 is 9.84 Å². The van der Waals surface area contributed by atoms with Crippen molar-refractivity contribution in [1.82, 2.24) is 4.90 Å². The van der Waals surface area contributed by atoms with Crippen molar-refractivity contribution in [3.63, 3.8) is 0 Å². The maximum Gasteiger partial charge on any atom is 0.223 e. The van der Waals surface area contributed by atoms with Crippen molar-refractivity contribution < 1.29 is 17.9 Å². The van der Waals surface area contributed by atoms with Crippen LogP contribution in [0.15, 0.2) is 24.3 Å². The molecule has 24 heavy (non-hydrogen) atoms. The Bertz CT molecular complexity index is 657. The highest BCUT2D eigenvalue weighted by Crippen LogP contribution is 2.20. The first-order chi connectivity index (χ1) is 11.4. The average molecular weight is 353 g/mol. The van der Waals surface area contributed by atoms with E-state index in [2.05, 4.69) is 6.92 Å². The summed E-state index contributed by atoms with van der Waals surface area (Å²) in [6.45, 7) is 2.72. The summed E-state index contributed by atoms with van der Waals surface area (Å²) in [6, 6.07) is 7.55. The Morgan fingerprint density at radius 1 is 1.38 bits per heavy atom. The lowest BCUT2D eigenvalue weighted by Gasteiger charge is -2.28. The molecule has 0 bridgehead atoms. The smallest absolute Gasteiger partial charge is 0.223 e. The molecule has 0 spiro atoms. The van der Waals surface area contributed by atoms with Gasteiger partial charge in [-0.3, -0.25) is 4.79 Å². The molecule has 1 aromatic rings. The Balaban J connectivity index is 1.99. The summed E-state index contributed by atoms with van der Waals surface area (Å²) in [5.74, 6) is 1.14. The minimum absolute atomic E-state index is 0.0494. The zero-order valence-corrected chi connectivity index (χ0v) is 15.3. The summed E-state index contributed by atoms with van der Waals surface area (Å²) in [5.41, 5.74) is 1.05. The zero-order valence-electron chi connectivity index (χ0n) is 14.5. The third-order valence-electron chi connectivity index (χ3n) is 4.48. The van der Waals surface area contributed by atoms with Gasteiger partial charge in [0.1, 0.15) is 5.75 Å². The molecule has 5 nitrogen and oxygen atoms in total. The lowest BCUT2D eigenvalue weighted by Crippen LogP contribution is -2.41. The van der Waals surface area contributed by atoms with Gasteiger partial charge in [-0.05, 0) is 37.0 Å². The molecule has 1 saturated heterocycles. The van der Waals surface area contributed by atoms with Crippen LogP contribution >= 0.6 is 0 Å². The number of hydrogen-bond donors (Lipinski definition) is 0. The molecule has 0 aromatic heterocycles. The Morgan fingerprint density at radius 2 is 2.17 bits per heavy atom. The van der Waals surface area contributed by atoms with Crippen LogP contribution in [0.2, 0.25) is 0 Å². The first-order valence-corrected chi connectivity index (χ1v) is 10.4. The standard InChI is InChI=1S/C18H27NO4S/c1-3-4-11-19(16-10-12-24(21,22)14-16)18(20)9-8-15-6-5-7-17(13-15)23-2/h5-7,13,16H,3-4,8-12,14H2,1-2H3. The molecule has 1 atom stereocenters. The fourth-order valence-corrected chi connectivity index (χ4v) is 4.81. The van der Waals surface area contributed by atoms with Crippen LogP contribution in [0.25, 0.3) is 0 Å². The average Bonchev–Trinajstić information content (AvgIpc) is 2.93. The molecule has 1 heterocycles. The van der Waals surface area contributed by atoms with Crippen LogP contribution in [0.1, 0.15) is 38.2 Å². The quantitative estimate of drug-likeness (QED) is 0.720. The zero-order chi connectivity index (χ0) is 17.6. The van der Waals surface area contributed by atoms with Gasteiger partial charge in [0.05, 0.1) is 18.6 Å². The number of aryl methyl sites for hydroxylation is 1. The van der Waals surface area contributed by atoms with E-state index in [9.17, 15) is 13.2 Å². The predicted octanol–water partition coefficient (Wildman–Crippen LogP) is 2.44. The number of rotatable bonds is 8. The van der Waals surface area contributed by atoms with Crippen LogP contribution in [-0.4, -0.2) is 50.4 Å². The van der Waals surface area contributed by atoms with Gasteiger partial charge in [-0.15, -0.1) is 0 Å². The highest BCUT2D eigenvalue weighted by Gasteiger charge is 2.34. The van der Waals surface area contributed by atoms with Crippen molar-refractivity contribution in [2.24, 2.45) is 0 Å². The summed E-state index contributed by atoms with van der Waals surface area (Å²) in [6.07, 6.45) is 3.49. The number of carbonyl (C=O) groups is 1. The SMILES string of the molecule is CCCCN(C(=O)CCc1cccc(OC)c1)C1CCS(=O)(=O)C1. The first kappa shape index (κ1) is 18.8. The van der Waals surface area contributed by atoms with Gasteiger partial charge in [0.2, 0.25) is 5.91 Å². The van der Waals surface area contributed by atoms with Crippen LogP contribution < -0.4 is 4.74 Å². The second kappa shape index (κ2) is 8.51. The monoisotopic (exact) mass is 353 g/mol. The molecular formula is C18H27NO4S. The largest absolute Gasteiger partial charge is 0.497 e. The number of nitrogens with zero attached hydrogens (tertiary/aromatic N) is 1. The molecule has 1 fully saturated rings. The highest BCUT2D eigenvalue weighted by atomic mass is 32.2. The van der Waals surface area contributed by atoms with Crippen molar-refractivity contribution in [3.05, 3.63) is 29.8 Å². The molecule has 1 aliphatic heterocycles. The van der Waals surface area contributed by atoms with E-state index in [-0.39, 0.29) is 23.5 Å². The Kier molecular flexibility index (Phi) is 6.66. The van der Waals surface area contributed by atoms with Gasteiger partial charge in [-0.25, -0.2) is 8.42 Å². The Hall–Kier alpha value is -1.56. The minimum atomic E-state index is -2.99. The van der Waals surface area contributed by atoms with Gasteiger partial charge >= 0.3 is 0 Å². The molecule has 2 rings (SSSR count). The van der Waals surface area contributed by atoms with Crippen molar-refractivity contribution >= 4 is 15.7 Å². The molecule has 0 aliphatic carbocycles. The van der Waals surface area contributed by atoms with Crippen molar-refractivity contribution in [2.75, 3.05) is 25.2 Å². The van der Waals surface area contributed by atoms with E-state index in [1.54, 1.807) is 12.0 Å². The molecule has 0 saturated carbocycles. The highest BCUT2D eigenvalue weighted by molar-refractivity contribution is 7.91. The lowest BCUT2D eigenvalue weighted by atomic mass is 10.1. The first-order valence-electron chi connectivity index (χ1n) is 8.58. The van der Waals surface area contributed by atoms with E-state index in [1.165, 1.54) is 0 Å². The maximum absolute atomic E-state index is 12.7. The predicted molar refractivity (Wildman–Crippen MR) is 95.0 cm³/mol. The number of carbonyl (C=O) groups excluding carboxylic acids is 1. The molecule has 1 amide bonds. The molecule has 0 radical (unpaired) electrons. The van der Waals surface area contributed by atoms with Gasteiger partial charge in [-0.1, -0.05) is 25.5 Å². The summed E-state index contributed by atoms with van der Waals surface area (Å²) >= 11 is 0. The van der Waals surface area contributed by atoms with E-state index in [0.717, 1.165) is 24.2 Å².